The molecular formula is C21H29NOS. The van der Waals surface area contributed by atoms with E-state index in [0.717, 1.165) is 25.3 Å². The number of rotatable bonds is 10. The Hall–Kier alpha value is -1.29. The number of nitrogens with one attached hydrogen (secondary N) is 1. The van der Waals surface area contributed by atoms with Gasteiger partial charge in [-0.15, -0.1) is 11.8 Å². The van der Waals surface area contributed by atoms with Gasteiger partial charge in [-0.2, -0.15) is 0 Å². The molecule has 0 fully saturated rings. The van der Waals surface area contributed by atoms with Gasteiger partial charge in [0, 0.05) is 29.7 Å². The first kappa shape index (κ1) is 19.0. The average molecular weight is 344 g/mol. The number of hydrogen-bond donors (Lipinski definition) is 1. The molecule has 130 valence electrons. The van der Waals surface area contributed by atoms with Gasteiger partial charge in [-0.25, -0.2) is 0 Å². The molecule has 0 saturated carbocycles. The molecule has 0 spiro atoms. The second-order valence-corrected chi connectivity index (χ2v) is 7.01. The highest BCUT2D eigenvalue weighted by molar-refractivity contribution is 7.99. The van der Waals surface area contributed by atoms with Crippen molar-refractivity contribution in [1.29, 1.82) is 0 Å². The van der Waals surface area contributed by atoms with E-state index in [2.05, 4.69) is 73.8 Å². The van der Waals surface area contributed by atoms with Gasteiger partial charge < -0.3 is 10.1 Å². The van der Waals surface area contributed by atoms with E-state index in [0.29, 0.717) is 5.92 Å². The Morgan fingerprint density at radius 3 is 2.50 bits per heavy atom. The van der Waals surface area contributed by atoms with Gasteiger partial charge in [-0.1, -0.05) is 49.4 Å². The minimum absolute atomic E-state index is 0.130. The zero-order valence-corrected chi connectivity index (χ0v) is 15.8. The van der Waals surface area contributed by atoms with E-state index in [1.165, 1.54) is 16.0 Å². The van der Waals surface area contributed by atoms with Crippen LogP contribution in [0.4, 0.5) is 0 Å². The maximum absolute atomic E-state index is 6.12. The molecule has 3 heteroatoms. The highest BCUT2D eigenvalue weighted by Crippen LogP contribution is 2.31. The summed E-state index contributed by atoms with van der Waals surface area (Å²) in [5, 5.41) is 3.34. The summed E-state index contributed by atoms with van der Waals surface area (Å²) in [5.74, 6) is 1.46. The van der Waals surface area contributed by atoms with Gasteiger partial charge in [-0.3, -0.25) is 0 Å². The van der Waals surface area contributed by atoms with Crippen LogP contribution < -0.4 is 5.32 Å². The lowest BCUT2D eigenvalue weighted by atomic mass is 9.97. The Bertz CT molecular complexity index is 587. The molecule has 2 unspecified atom stereocenters. The van der Waals surface area contributed by atoms with Crippen LogP contribution in [0.1, 0.15) is 31.1 Å². The zero-order chi connectivity index (χ0) is 17.2. The second-order valence-electron chi connectivity index (χ2n) is 5.92. The van der Waals surface area contributed by atoms with Crippen molar-refractivity contribution in [1.82, 2.24) is 5.32 Å². The molecule has 2 aromatic carbocycles. The number of aryl methyl sites for hydroxylation is 1. The summed E-state index contributed by atoms with van der Waals surface area (Å²) in [6.45, 7) is 5.95. The Morgan fingerprint density at radius 1 is 1.04 bits per heavy atom. The first-order valence-electron chi connectivity index (χ1n) is 8.81. The highest BCUT2D eigenvalue weighted by atomic mass is 32.2. The minimum Gasteiger partial charge on any atom is -0.373 e. The zero-order valence-electron chi connectivity index (χ0n) is 15.0. The third-order valence-corrected chi connectivity index (χ3v) is 5.32. The molecule has 0 aliphatic rings. The van der Waals surface area contributed by atoms with E-state index in [4.69, 9.17) is 4.74 Å². The molecule has 2 aromatic rings. The van der Waals surface area contributed by atoms with Crippen molar-refractivity contribution in [3.63, 3.8) is 0 Å². The minimum atomic E-state index is 0.130. The van der Waals surface area contributed by atoms with E-state index in [1.54, 1.807) is 0 Å². The van der Waals surface area contributed by atoms with Crippen molar-refractivity contribution in [2.75, 3.05) is 26.0 Å². The second kappa shape index (κ2) is 10.5. The fourth-order valence-corrected chi connectivity index (χ4v) is 4.01. The van der Waals surface area contributed by atoms with Crippen molar-refractivity contribution in [2.24, 2.45) is 5.92 Å². The maximum atomic E-state index is 6.12. The normalized spacial score (nSPS) is 13.6. The third-order valence-electron chi connectivity index (χ3n) is 4.14. The van der Waals surface area contributed by atoms with Gasteiger partial charge in [0.25, 0.3) is 0 Å². The van der Waals surface area contributed by atoms with Crippen LogP contribution >= 0.6 is 11.8 Å². The molecule has 0 heterocycles. The summed E-state index contributed by atoms with van der Waals surface area (Å²) in [4.78, 5) is 1.35. The largest absolute Gasteiger partial charge is 0.373 e. The quantitative estimate of drug-likeness (QED) is 0.616. The summed E-state index contributed by atoms with van der Waals surface area (Å²) < 4.78 is 6.12. The van der Waals surface area contributed by atoms with E-state index in [-0.39, 0.29) is 6.10 Å². The predicted molar refractivity (Wildman–Crippen MR) is 105 cm³/mol. The molecule has 2 atom stereocenters. The fourth-order valence-electron chi connectivity index (χ4n) is 2.90. The Kier molecular flexibility index (Phi) is 8.37. The molecule has 0 aliphatic carbocycles. The van der Waals surface area contributed by atoms with E-state index < -0.39 is 0 Å². The maximum Gasteiger partial charge on any atom is 0.0873 e. The molecule has 2 nitrogen and oxygen atoms in total. The molecule has 0 radical (unpaired) electrons. The predicted octanol–water partition coefficient (Wildman–Crippen LogP) is 4.95. The van der Waals surface area contributed by atoms with Crippen molar-refractivity contribution < 1.29 is 4.74 Å². The summed E-state index contributed by atoms with van der Waals surface area (Å²) in [5.41, 5.74) is 2.66. The van der Waals surface area contributed by atoms with Crippen molar-refractivity contribution in [3.05, 3.63) is 65.7 Å². The fraction of sp³-hybridized carbons (Fsp3) is 0.429. The van der Waals surface area contributed by atoms with Gasteiger partial charge in [0.1, 0.15) is 0 Å². The molecule has 0 saturated heterocycles. The van der Waals surface area contributed by atoms with Crippen LogP contribution in [-0.2, 0) is 11.2 Å². The van der Waals surface area contributed by atoms with E-state index >= 15 is 0 Å². The number of thioether (sulfide) groups is 1. The van der Waals surface area contributed by atoms with Crippen molar-refractivity contribution in [3.8, 4) is 0 Å². The molecule has 0 aliphatic heterocycles. The van der Waals surface area contributed by atoms with E-state index in [9.17, 15) is 0 Å². The van der Waals surface area contributed by atoms with Crippen molar-refractivity contribution in [2.45, 2.75) is 31.3 Å². The number of benzene rings is 2. The third kappa shape index (κ3) is 5.66. The lowest BCUT2D eigenvalue weighted by molar-refractivity contribution is 0.0260. The monoisotopic (exact) mass is 343 g/mol. The first-order valence-corrected chi connectivity index (χ1v) is 9.79. The summed E-state index contributed by atoms with van der Waals surface area (Å²) in [7, 11) is 2.02. The van der Waals surface area contributed by atoms with Crippen LogP contribution in [0.2, 0.25) is 0 Å². The van der Waals surface area contributed by atoms with Gasteiger partial charge in [-0.05, 0) is 43.7 Å². The van der Waals surface area contributed by atoms with Crippen molar-refractivity contribution >= 4 is 11.8 Å². The first-order chi connectivity index (χ1) is 11.8. The number of hydrogen-bond acceptors (Lipinski definition) is 3. The van der Waals surface area contributed by atoms with Crippen LogP contribution in [0.5, 0.6) is 0 Å². The van der Waals surface area contributed by atoms with Gasteiger partial charge in [0.2, 0.25) is 0 Å². The van der Waals surface area contributed by atoms with Crippen LogP contribution in [-0.4, -0.2) is 26.0 Å². The smallest absolute Gasteiger partial charge is 0.0873 e. The molecule has 0 aromatic heterocycles. The highest BCUT2D eigenvalue weighted by Gasteiger charge is 2.23. The Morgan fingerprint density at radius 2 is 1.83 bits per heavy atom. The molecule has 2 rings (SSSR count). The summed E-state index contributed by atoms with van der Waals surface area (Å²) in [6, 6.07) is 19.5. The molecule has 0 bridgehead atoms. The Balaban J connectivity index is 2.10. The summed E-state index contributed by atoms with van der Waals surface area (Å²) in [6.07, 6.45) is 1.21. The Labute approximate surface area is 151 Å². The molecular weight excluding hydrogens is 314 g/mol. The van der Waals surface area contributed by atoms with Crippen LogP contribution in [0.3, 0.4) is 0 Å². The van der Waals surface area contributed by atoms with E-state index in [1.807, 2.05) is 18.8 Å². The average Bonchev–Trinajstić information content (AvgIpc) is 2.64. The van der Waals surface area contributed by atoms with Gasteiger partial charge in [0.15, 0.2) is 0 Å². The lowest BCUT2D eigenvalue weighted by Gasteiger charge is -2.27. The van der Waals surface area contributed by atoms with Crippen LogP contribution in [0.25, 0.3) is 0 Å². The molecule has 0 amide bonds. The van der Waals surface area contributed by atoms with Gasteiger partial charge >= 0.3 is 0 Å². The number of ether oxygens (including phenoxy) is 1. The topological polar surface area (TPSA) is 21.3 Å². The standard InChI is InChI=1S/C21H29NOS/c1-4-17-10-9-13-20(14-17)24-16-19(15-22-3)21(23-5-2)18-11-7-6-8-12-18/h6-14,19,21-22H,4-5,15-16H2,1-3H3. The SMILES string of the molecule is CCOC(c1ccccc1)C(CNC)CSc1cccc(CC)c1. The summed E-state index contributed by atoms with van der Waals surface area (Å²) >= 11 is 1.93. The molecule has 24 heavy (non-hydrogen) atoms. The lowest BCUT2D eigenvalue weighted by Crippen LogP contribution is -2.28. The molecule has 1 N–H and O–H groups in total. The van der Waals surface area contributed by atoms with Crippen LogP contribution in [0.15, 0.2) is 59.5 Å². The van der Waals surface area contributed by atoms with Gasteiger partial charge in [0.05, 0.1) is 6.10 Å². The van der Waals surface area contributed by atoms with Crippen LogP contribution in [0, 0.1) is 5.92 Å².